The summed E-state index contributed by atoms with van der Waals surface area (Å²) in [4.78, 5) is 22.9. The number of amides is 1. The molecule has 120 valence electrons. The third-order valence-corrected chi connectivity index (χ3v) is 3.84. The maximum Gasteiger partial charge on any atom is 0.337 e. The molecule has 0 aliphatic rings. The topological polar surface area (TPSA) is 66.4 Å². The second-order valence-corrected chi connectivity index (χ2v) is 5.87. The van der Waals surface area contributed by atoms with Crippen molar-refractivity contribution in [3.8, 4) is 0 Å². The van der Waals surface area contributed by atoms with Gasteiger partial charge in [-0.05, 0) is 48.7 Å². The van der Waals surface area contributed by atoms with Gasteiger partial charge in [-0.25, -0.2) is 4.79 Å². The average molecular weight is 352 g/mol. The zero-order valence-electron chi connectivity index (χ0n) is 12.2. The van der Waals surface area contributed by atoms with Crippen LogP contribution in [-0.2, 0) is 11.2 Å². The SMILES string of the molecule is O=C(CCCc1ccc(Cl)cc1)Nc1ccc(Cl)c(C(=O)O)c1. The molecule has 2 N–H and O–H groups in total. The number of hydrogen-bond acceptors (Lipinski definition) is 2. The third-order valence-electron chi connectivity index (χ3n) is 3.26. The zero-order chi connectivity index (χ0) is 16.8. The van der Waals surface area contributed by atoms with Gasteiger partial charge in [-0.2, -0.15) is 0 Å². The standard InChI is InChI=1S/C17H15Cl2NO3/c18-12-6-4-11(5-7-12)2-1-3-16(21)20-13-8-9-15(19)14(10-13)17(22)23/h4-10H,1-3H2,(H,20,21)(H,22,23). The van der Waals surface area contributed by atoms with E-state index >= 15 is 0 Å². The van der Waals surface area contributed by atoms with Crippen LogP contribution in [0.15, 0.2) is 42.5 Å². The molecule has 1 amide bonds. The number of aryl methyl sites for hydroxylation is 1. The van der Waals surface area contributed by atoms with Gasteiger partial charge in [0, 0.05) is 17.1 Å². The summed E-state index contributed by atoms with van der Waals surface area (Å²) in [6, 6.07) is 11.9. The smallest absolute Gasteiger partial charge is 0.337 e. The molecule has 4 nitrogen and oxygen atoms in total. The minimum atomic E-state index is -1.13. The monoisotopic (exact) mass is 351 g/mol. The highest BCUT2D eigenvalue weighted by Crippen LogP contribution is 2.21. The number of carbonyl (C=O) groups excluding carboxylic acids is 1. The lowest BCUT2D eigenvalue weighted by atomic mass is 10.1. The van der Waals surface area contributed by atoms with Gasteiger partial charge in [0.1, 0.15) is 0 Å². The van der Waals surface area contributed by atoms with Crippen molar-refractivity contribution in [2.24, 2.45) is 0 Å². The van der Waals surface area contributed by atoms with Crippen molar-refractivity contribution in [2.75, 3.05) is 5.32 Å². The van der Waals surface area contributed by atoms with Crippen molar-refractivity contribution in [1.29, 1.82) is 0 Å². The van der Waals surface area contributed by atoms with Gasteiger partial charge in [0.25, 0.3) is 0 Å². The molecule has 0 saturated heterocycles. The van der Waals surface area contributed by atoms with E-state index in [-0.39, 0.29) is 16.5 Å². The van der Waals surface area contributed by atoms with Crippen molar-refractivity contribution < 1.29 is 14.7 Å². The Morgan fingerprint density at radius 3 is 2.39 bits per heavy atom. The number of anilines is 1. The van der Waals surface area contributed by atoms with Gasteiger partial charge in [0.2, 0.25) is 5.91 Å². The van der Waals surface area contributed by atoms with Crippen LogP contribution >= 0.6 is 23.2 Å². The van der Waals surface area contributed by atoms with E-state index in [4.69, 9.17) is 28.3 Å². The predicted molar refractivity (Wildman–Crippen MR) is 91.4 cm³/mol. The zero-order valence-corrected chi connectivity index (χ0v) is 13.7. The Labute approximate surface area is 144 Å². The van der Waals surface area contributed by atoms with Crippen molar-refractivity contribution in [2.45, 2.75) is 19.3 Å². The van der Waals surface area contributed by atoms with E-state index in [1.54, 1.807) is 6.07 Å². The molecule has 0 radical (unpaired) electrons. The second-order valence-electron chi connectivity index (χ2n) is 5.03. The Kier molecular flexibility index (Phi) is 6.02. The van der Waals surface area contributed by atoms with Gasteiger partial charge >= 0.3 is 5.97 Å². The van der Waals surface area contributed by atoms with Crippen LogP contribution in [0.4, 0.5) is 5.69 Å². The van der Waals surface area contributed by atoms with Crippen LogP contribution in [0.25, 0.3) is 0 Å². The Morgan fingerprint density at radius 2 is 1.74 bits per heavy atom. The number of halogens is 2. The summed E-state index contributed by atoms with van der Waals surface area (Å²) in [6.45, 7) is 0. The Balaban J connectivity index is 1.86. The number of aromatic carboxylic acids is 1. The van der Waals surface area contributed by atoms with E-state index in [1.807, 2.05) is 24.3 Å². The fourth-order valence-corrected chi connectivity index (χ4v) is 2.42. The molecule has 23 heavy (non-hydrogen) atoms. The summed E-state index contributed by atoms with van der Waals surface area (Å²) >= 11 is 11.6. The first-order chi connectivity index (χ1) is 11.0. The summed E-state index contributed by atoms with van der Waals surface area (Å²) in [5.41, 5.74) is 1.50. The number of carboxylic acid groups (broad SMARTS) is 1. The number of benzene rings is 2. The van der Waals surface area contributed by atoms with Crippen molar-refractivity contribution in [1.82, 2.24) is 0 Å². The summed E-state index contributed by atoms with van der Waals surface area (Å²) in [5, 5.41) is 12.5. The quantitative estimate of drug-likeness (QED) is 0.795. The van der Waals surface area contributed by atoms with E-state index in [1.165, 1.54) is 12.1 Å². The molecule has 0 aliphatic heterocycles. The normalized spacial score (nSPS) is 10.3. The lowest BCUT2D eigenvalue weighted by Crippen LogP contribution is -2.12. The first kappa shape index (κ1) is 17.3. The van der Waals surface area contributed by atoms with E-state index in [2.05, 4.69) is 5.32 Å². The predicted octanol–water partition coefficient (Wildman–Crippen LogP) is 4.65. The van der Waals surface area contributed by atoms with Crippen LogP contribution in [0.1, 0.15) is 28.8 Å². The minimum Gasteiger partial charge on any atom is -0.478 e. The molecular weight excluding hydrogens is 337 g/mol. The number of rotatable bonds is 6. The van der Waals surface area contributed by atoms with Crippen LogP contribution in [0, 0.1) is 0 Å². The van der Waals surface area contributed by atoms with E-state index < -0.39 is 5.97 Å². The van der Waals surface area contributed by atoms with Crippen LogP contribution in [0.3, 0.4) is 0 Å². The number of hydrogen-bond donors (Lipinski definition) is 2. The molecule has 0 fully saturated rings. The molecule has 6 heteroatoms. The summed E-state index contributed by atoms with van der Waals surface area (Å²) < 4.78 is 0. The largest absolute Gasteiger partial charge is 0.478 e. The van der Waals surface area contributed by atoms with Crippen molar-refractivity contribution in [3.63, 3.8) is 0 Å². The lowest BCUT2D eigenvalue weighted by Gasteiger charge is -2.07. The number of nitrogens with one attached hydrogen (secondary N) is 1. The third kappa shape index (κ3) is 5.27. The van der Waals surface area contributed by atoms with E-state index in [0.717, 1.165) is 12.0 Å². The highest BCUT2D eigenvalue weighted by molar-refractivity contribution is 6.33. The highest BCUT2D eigenvalue weighted by Gasteiger charge is 2.10. The highest BCUT2D eigenvalue weighted by atomic mass is 35.5. The molecule has 0 heterocycles. The molecule has 0 unspecified atom stereocenters. The first-order valence-corrected chi connectivity index (χ1v) is 7.78. The van der Waals surface area contributed by atoms with Crippen molar-refractivity contribution in [3.05, 3.63) is 63.6 Å². The second kappa shape index (κ2) is 7.99. The first-order valence-electron chi connectivity index (χ1n) is 7.03. The number of carbonyl (C=O) groups is 2. The van der Waals surface area contributed by atoms with Gasteiger partial charge in [-0.3, -0.25) is 4.79 Å². The molecule has 0 spiro atoms. The van der Waals surface area contributed by atoms with Gasteiger partial charge in [0.05, 0.1) is 10.6 Å². The Bertz CT molecular complexity index is 714. The van der Waals surface area contributed by atoms with Gasteiger partial charge in [-0.15, -0.1) is 0 Å². The molecule has 2 aromatic rings. The number of carboxylic acids is 1. The summed E-state index contributed by atoms with van der Waals surface area (Å²) in [5.74, 6) is -1.30. The van der Waals surface area contributed by atoms with Gasteiger partial charge < -0.3 is 10.4 Å². The van der Waals surface area contributed by atoms with Gasteiger partial charge in [0.15, 0.2) is 0 Å². The van der Waals surface area contributed by atoms with Crippen LogP contribution in [0.2, 0.25) is 10.0 Å². The average Bonchev–Trinajstić information content (AvgIpc) is 2.51. The van der Waals surface area contributed by atoms with Crippen LogP contribution in [-0.4, -0.2) is 17.0 Å². The van der Waals surface area contributed by atoms with Crippen LogP contribution in [0.5, 0.6) is 0 Å². The van der Waals surface area contributed by atoms with Crippen molar-refractivity contribution >= 4 is 40.8 Å². The molecule has 0 saturated carbocycles. The minimum absolute atomic E-state index is 0.0365. The Hall–Kier alpha value is -2.04. The molecule has 0 aliphatic carbocycles. The summed E-state index contributed by atoms with van der Waals surface area (Å²) in [6.07, 6.45) is 1.80. The summed E-state index contributed by atoms with van der Waals surface area (Å²) in [7, 11) is 0. The molecule has 0 atom stereocenters. The molecule has 2 rings (SSSR count). The van der Waals surface area contributed by atoms with E-state index in [0.29, 0.717) is 23.6 Å². The van der Waals surface area contributed by atoms with Gasteiger partial charge in [-0.1, -0.05) is 35.3 Å². The lowest BCUT2D eigenvalue weighted by molar-refractivity contribution is -0.116. The fourth-order valence-electron chi connectivity index (χ4n) is 2.09. The molecule has 0 bridgehead atoms. The molecular formula is C17H15Cl2NO3. The molecule has 0 aromatic heterocycles. The fraction of sp³-hybridized carbons (Fsp3) is 0.176. The van der Waals surface area contributed by atoms with Crippen LogP contribution < -0.4 is 5.32 Å². The maximum absolute atomic E-state index is 11.9. The Morgan fingerprint density at radius 1 is 1.04 bits per heavy atom. The molecule has 2 aromatic carbocycles. The maximum atomic E-state index is 11.9. The van der Waals surface area contributed by atoms with E-state index in [9.17, 15) is 9.59 Å².